The molecule has 0 spiro atoms. The van der Waals surface area contributed by atoms with E-state index in [-0.39, 0.29) is 5.41 Å². The molecule has 43 heavy (non-hydrogen) atoms. The largest absolute Gasteiger partial charge is 0.265 e. The fourth-order valence-electron chi connectivity index (χ4n) is 6.46. The summed E-state index contributed by atoms with van der Waals surface area (Å²) >= 11 is 0. The van der Waals surface area contributed by atoms with Gasteiger partial charge in [0.2, 0.25) is 0 Å². The van der Waals surface area contributed by atoms with Crippen LogP contribution in [0.2, 0.25) is 0 Å². The van der Waals surface area contributed by atoms with Crippen LogP contribution < -0.4 is 0 Å². The van der Waals surface area contributed by atoms with E-state index in [4.69, 9.17) is 9.97 Å². The van der Waals surface area contributed by atoms with Gasteiger partial charge in [0.15, 0.2) is 0 Å². The van der Waals surface area contributed by atoms with Gasteiger partial charge < -0.3 is 0 Å². The standard InChI is InChI=1S/C40H29N3/c1-40(2)34-24-30(27-14-12-26(13-15-27)28-20-22-41-23-21-28)16-18-32(34)33-19-17-31(25-35(33)40)39-38(29-8-4-3-5-9-29)42-36-10-6-7-11-37(36)43-39/h3-25H,1-2H3. The normalized spacial score (nSPS) is 13.1. The van der Waals surface area contributed by atoms with Gasteiger partial charge in [0, 0.05) is 28.9 Å². The van der Waals surface area contributed by atoms with Gasteiger partial charge in [0.25, 0.3) is 0 Å². The summed E-state index contributed by atoms with van der Waals surface area (Å²) in [6.45, 7) is 4.67. The van der Waals surface area contributed by atoms with E-state index < -0.39 is 0 Å². The Morgan fingerprint density at radius 3 is 1.51 bits per heavy atom. The molecule has 0 saturated heterocycles. The van der Waals surface area contributed by atoms with Gasteiger partial charge in [-0.2, -0.15) is 0 Å². The van der Waals surface area contributed by atoms with Crippen molar-refractivity contribution in [2.75, 3.05) is 0 Å². The number of rotatable bonds is 4. The zero-order valence-electron chi connectivity index (χ0n) is 24.1. The molecule has 3 heteroatoms. The summed E-state index contributed by atoms with van der Waals surface area (Å²) in [7, 11) is 0. The van der Waals surface area contributed by atoms with Crippen molar-refractivity contribution in [1.82, 2.24) is 15.0 Å². The number of hydrogen-bond acceptors (Lipinski definition) is 3. The van der Waals surface area contributed by atoms with E-state index in [1.165, 1.54) is 44.5 Å². The van der Waals surface area contributed by atoms with E-state index in [1.54, 1.807) is 0 Å². The van der Waals surface area contributed by atoms with Crippen LogP contribution in [-0.4, -0.2) is 15.0 Å². The van der Waals surface area contributed by atoms with Gasteiger partial charge >= 0.3 is 0 Å². The van der Waals surface area contributed by atoms with Crippen LogP contribution in [0.5, 0.6) is 0 Å². The second-order valence-electron chi connectivity index (χ2n) is 11.7. The van der Waals surface area contributed by atoms with Gasteiger partial charge in [-0.1, -0.05) is 105 Å². The molecule has 0 amide bonds. The van der Waals surface area contributed by atoms with E-state index in [2.05, 4.69) is 104 Å². The van der Waals surface area contributed by atoms with Crippen molar-refractivity contribution in [3.05, 3.63) is 151 Å². The average Bonchev–Trinajstić information content (AvgIpc) is 3.30. The Bertz CT molecular complexity index is 2130. The van der Waals surface area contributed by atoms with Crippen LogP contribution >= 0.6 is 0 Å². The summed E-state index contributed by atoms with van der Waals surface area (Å²) in [4.78, 5) is 14.4. The minimum atomic E-state index is -0.162. The lowest BCUT2D eigenvalue weighted by Crippen LogP contribution is -2.15. The Labute approximate surface area is 251 Å². The van der Waals surface area contributed by atoms with Gasteiger partial charge in [-0.3, -0.25) is 4.98 Å². The Hall–Kier alpha value is -5.41. The molecule has 2 heterocycles. The maximum Gasteiger partial charge on any atom is 0.0973 e. The molecule has 5 aromatic carbocycles. The van der Waals surface area contributed by atoms with Crippen molar-refractivity contribution < 1.29 is 0 Å². The topological polar surface area (TPSA) is 38.7 Å². The minimum absolute atomic E-state index is 0.162. The maximum atomic E-state index is 5.16. The zero-order valence-corrected chi connectivity index (χ0v) is 24.1. The third-order valence-corrected chi connectivity index (χ3v) is 8.80. The molecular weight excluding hydrogens is 522 g/mol. The number of pyridine rings is 1. The molecule has 0 fully saturated rings. The van der Waals surface area contributed by atoms with Crippen LogP contribution in [0.15, 0.2) is 140 Å². The molecule has 0 atom stereocenters. The fourth-order valence-corrected chi connectivity index (χ4v) is 6.46. The fraction of sp³-hybridized carbons (Fsp3) is 0.0750. The number of aromatic nitrogens is 3. The highest BCUT2D eigenvalue weighted by Gasteiger charge is 2.36. The molecule has 0 bridgehead atoms. The quantitative estimate of drug-likeness (QED) is 0.218. The van der Waals surface area contributed by atoms with Crippen LogP contribution in [-0.2, 0) is 5.41 Å². The average molecular weight is 552 g/mol. The summed E-state index contributed by atoms with van der Waals surface area (Å²) in [6.07, 6.45) is 3.67. The molecular formula is C40H29N3. The molecule has 7 aromatic rings. The first kappa shape index (κ1) is 25.3. The molecule has 0 radical (unpaired) electrons. The van der Waals surface area contributed by atoms with Gasteiger partial charge in [-0.15, -0.1) is 0 Å². The first-order valence-corrected chi connectivity index (χ1v) is 14.7. The molecule has 204 valence electrons. The van der Waals surface area contributed by atoms with Gasteiger partial charge in [0.05, 0.1) is 22.4 Å². The molecule has 8 rings (SSSR count). The number of fused-ring (bicyclic) bond motifs is 4. The zero-order chi connectivity index (χ0) is 29.0. The highest BCUT2D eigenvalue weighted by atomic mass is 14.8. The van der Waals surface area contributed by atoms with Crippen molar-refractivity contribution >= 4 is 11.0 Å². The summed E-state index contributed by atoms with van der Waals surface area (Å²) in [5, 5.41) is 0. The highest BCUT2D eigenvalue weighted by molar-refractivity contribution is 5.90. The van der Waals surface area contributed by atoms with E-state index in [1.807, 2.05) is 54.9 Å². The van der Waals surface area contributed by atoms with E-state index >= 15 is 0 Å². The van der Waals surface area contributed by atoms with Gasteiger partial charge in [0.1, 0.15) is 0 Å². The SMILES string of the molecule is CC1(C)c2cc(-c3ccc(-c4ccncc4)cc3)ccc2-c2ccc(-c3nc4ccccc4nc3-c3ccccc3)cc21. The molecule has 0 unspecified atom stereocenters. The van der Waals surface area contributed by atoms with Crippen molar-refractivity contribution in [3.63, 3.8) is 0 Å². The Balaban J connectivity index is 1.21. The van der Waals surface area contributed by atoms with E-state index in [0.29, 0.717) is 0 Å². The molecule has 0 saturated carbocycles. The van der Waals surface area contributed by atoms with E-state index in [9.17, 15) is 0 Å². The summed E-state index contributed by atoms with van der Waals surface area (Å²) < 4.78 is 0. The smallest absolute Gasteiger partial charge is 0.0973 e. The van der Waals surface area contributed by atoms with Crippen molar-refractivity contribution in [3.8, 4) is 55.9 Å². The predicted molar refractivity (Wildman–Crippen MR) is 177 cm³/mol. The lowest BCUT2D eigenvalue weighted by molar-refractivity contribution is 0.661. The Morgan fingerprint density at radius 1 is 0.419 bits per heavy atom. The lowest BCUT2D eigenvalue weighted by Gasteiger charge is -2.23. The second-order valence-corrected chi connectivity index (χ2v) is 11.7. The first-order chi connectivity index (χ1) is 21.1. The van der Waals surface area contributed by atoms with Gasteiger partial charge in [-0.05, 0) is 80.9 Å². The summed E-state index contributed by atoms with van der Waals surface area (Å²) in [5.74, 6) is 0. The lowest BCUT2D eigenvalue weighted by atomic mass is 9.81. The van der Waals surface area contributed by atoms with Crippen LogP contribution in [0.25, 0.3) is 66.9 Å². The molecule has 2 aromatic heterocycles. The predicted octanol–water partition coefficient (Wildman–Crippen LogP) is 10.00. The third-order valence-electron chi connectivity index (χ3n) is 8.80. The van der Waals surface area contributed by atoms with Crippen molar-refractivity contribution in [2.24, 2.45) is 0 Å². The Morgan fingerprint density at radius 2 is 0.884 bits per heavy atom. The second kappa shape index (κ2) is 9.85. The molecule has 1 aliphatic rings. The van der Waals surface area contributed by atoms with Crippen molar-refractivity contribution in [2.45, 2.75) is 19.3 Å². The van der Waals surface area contributed by atoms with Gasteiger partial charge in [-0.25, -0.2) is 9.97 Å². The highest BCUT2D eigenvalue weighted by Crippen LogP contribution is 2.51. The first-order valence-electron chi connectivity index (χ1n) is 14.7. The molecule has 1 aliphatic carbocycles. The Kier molecular flexibility index (Phi) is 5.80. The summed E-state index contributed by atoms with van der Waals surface area (Å²) in [5.41, 5.74) is 15.7. The monoisotopic (exact) mass is 551 g/mol. The van der Waals surface area contributed by atoms with Crippen LogP contribution in [0.3, 0.4) is 0 Å². The number of para-hydroxylation sites is 2. The van der Waals surface area contributed by atoms with Crippen LogP contribution in [0, 0.1) is 0 Å². The number of benzene rings is 5. The van der Waals surface area contributed by atoms with E-state index in [0.717, 1.165) is 33.5 Å². The van der Waals surface area contributed by atoms with Crippen molar-refractivity contribution in [1.29, 1.82) is 0 Å². The maximum absolute atomic E-state index is 5.16. The molecule has 0 N–H and O–H groups in total. The van der Waals surface area contributed by atoms with Crippen LogP contribution in [0.1, 0.15) is 25.0 Å². The molecule has 3 nitrogen and oxygen atoms in total. The number of hydrogen-bond donors (Lipinski definition) is 0. The summed E-state index contributed by atoms with van der Waals surface area (Å²) in [6, 6.07) is 45.1. The molecule has 0 aliphatic heterocycles. The number of nitrogens with zero attached hydrogens (tertiary/aromatic N) is 3. The van der Waals surface area contributed by atoms with Crippen LogP contribution in [0.4, 0.5) is 0 Å². The minimum Gasteiger partial charge on any atom is -0.265 e. The third kappa shape index (κ3) is 4.24.